The summed E-state index contributed by atoms with van der Waals surface area (Å²) in [7, 11) is 0. The lowest BCUT2D eigenvalue weighted by molar-refractivity contribution is -0.286. The van der Waals surface area contributed by atoms with Crippen LogP contribution in [0.15, 0.2) is 18.2 Å². The molecule has 0 spiro atoms. The van der Waals surface area contributed by atoms with Crippen molar-refractivity contribution in [3.05, 3.63) is 23.8 Å². The molecular formula is C8H5F2IO3. The molecule has 1 aromatic rings. The quantitative estimate of drug-likeness (QED) is 0.786. The highest BCUT2D eigenvalue weighted by Crippen LogP contribution is 2.41. The molecule has 76 valence electrons. The molecule has 1 aliphatic heterocycles. The van der Waals surface area contributed by atoms with Gasteiger partial charge in [-0.1, -0.05) is 6.07 Å². The molecule has 0 saturated carbocycles. The van der Waals surface area contributed by atoms with Crippen molar-refractivity contribution in [2.45, 2.75) is 12.9 Å². The van der Waals surface area contributed by atoms with Gasteiger partial charge in [0.2, 0.25) is 0 Å². The summed E-state index contributed by atoms with van der Waals surface area (Å²) in [5, 5.41) is 0. The van der Waals surface area contributed by atoms with Crippen LogP contribution in [0.5, 0.6) is 11.5 Å². The first-order valence-corrected chi connectivity index (χ1v) is 4.61. The molecule has 3 nitrogen and oxygen atoms in total. The lowest BCUT2D eigenvalue weighted by atomic mass is 10.2. The maximum Gasteiger partial charge on any atom is 0.586 e. The fourth-order valence-electron chi connectivity index (χ4n) is 1.15. The Kier molecular flexibility index (Phi) is 2.48. The van der Waals surface area contributed by atoms with Gasteiger partial charge >= 0.3 is 6.29 Å². The van der Waals surface area contributed by atoms with Crippen LogP contribution in [-0.4, -0.2) is 6.29 Å². The first-order valence-electron chi connectivity index (χ1n) is 3.73. The Morgan fingerprint density at radius 1 is 1.29 bits per heavy atom. The average Bonchev–Trinajstić information content (AvgIpc) is 2.38. The van der Waals surface area contributed by atoms with Crippen molar-refractivity contribution in [3.8, 4) is 11.5 Å². The molecule has 6 heteroatoms. The fraction of sp³-hybridized carbons (Fsp3) is 0.250. The third-order valence-corrected chi connectivity index (χ3v) is 2.00. The topological polar surface area (TPSA) is 27.7 Å². The predicted molar refractivity (Wildman–Crippen MR) is 51.5 cm³/mol. The maximum absolute atomic E-state index is 12.6. The molecule has 0 amide bonds. The summed E-state index contributed by atoms with van der Waals surface area (Å²) in [6.07, 6.45) is -3.55. The molecule has 1 aliphatic rings. The van der Waals surface area contributed by atoms with E-state index in [-0.39, 0.29) is 11.5 Å². The Morgan fingerprint density at radius 3 is 2.71 bits per heavy atom. The van der Waals surface area contributed by atoms with E-state index in [2.05, 4.69) is 9.47 Å². The molecule has 0 fully saturated rings. The first-order chi connectivity index (χ1) is 6.61. The van der Waals surface area contributed by atoms with E-state index in [1.807, 2.05) is 0 Å². The molecule has 0 radical (unpaired) electrons. The summed E-state index contributed by atoms with van der Waals surface area (Å²) >= 11 is 1.73. The SMILES string of the molecule is FC1(F)Oc2ccc(COI)cc2O1. The fourth-order valence-corrected chi connectivity index (χ4v) is 1.51. The second-order valence-electron chi connectivity index (χ2n) is 2.70. The van der Waals surface area contributed by atoms with E-state index in [9.17, 15) is 8.78 Å². The minimum absolute atomic E-state index is 0.0425. The number of hydrogen-bond acceptors (Lipinski definition) is 3. The summed E-state index contributed by atoms with van der Waals surface area (Å²) < 4.78 is 38.5. The van der Waals surface area contributed by atoms with E-state index in [4.69, 9.17) is 3.07 Å². The van der Waals surface area contributed by atoms with Gasteiger partial charge < -0.3 is 12.5 Å². The van der Waals surface area contributed by atoms with E-state index in [0.717, 1.165) is 5.56 Å². The van der Waals surface area contributed by atoms with Gasteiger partial charge in [0.15, 0.2) is 11.5 Å². The lowest BCUT2D eigenvalue weighted by Gasteiger charge is -2.04. The summed E-state index contributed by atoms with van der Waals surface area (Å²) in [4.78, 5) is 0. The number of alkyl halides is 2. The van der Waals surface area contributed by atoms with Gasteiger partial charge in [-0.05, 0) is 17.7 Å². The number of ether oxygens (including phenoxy) is 2. The van der Waals surface area contributed by atoms with Crippen LogP contribution in [0.25, 0.3) is 0 Å². The van der Waals surface area contributed by atoms with Crippen LogP contribution in [0.4, 0.5) is 8.78 Å². The summed E-state index contributed by atoms with van der Waals surface area (Å²) in [6.45, 7) is 0.336. The monoisotopic (exact) mass is 314 g/mol. The average molecular weight is 314 g/mol. The molecule has 0 bridgehead atoms. The van der Waals surface area contributed by atoms with Crippen LogP contribution in [0.3, 0.4) is 0 Å². The van der Waals surface area contributed by atoms with Crippen LogP contribution >= 0.6 is 23.0 Å². The van der Waals surface area contributed by atoms with Gasteiger partial charge in [0.25, 0.3) is 0 Å². The standard InChI is InChI=1S/C8H5F2IO3/c9-8(10)13-6-2-1-5(4-12-11)3-7(6)14-8/h1-3H,4H2. The van der Waals surface area contributed by atoms with Gasteiger partial charge in [-0.2, -0.15) is 0 Å². The van der Waals surface area contributed by atoms with E-state index in [0.29, 0.717) is 6.61 Å². The van der Waals surface area contributed by atoms with E-state index < -0.39 is 6.29 Å². The highest BCUT2D eigenvalue weighted by molar-refractivity contribution is 14.1. The van der Waals surface area contributed by atoms with Crippen LogP contribution in [0.1, 0.15) is 5.56 Å². The summed E-state index contributed by atoms with van der Waals surface area (Å²) in [5.41, 5.74) is 0.749. The van der Waals surface area contributed by atoms with Crippen LogP contribution in [0, 0.1) is 0 Å². The van der Waals surface area contributed by atoms with Crippen molar-refractivity contribution >= 4 is 23.0 Å². The third-order valence-electron chi connectivity index (χ3n) is 1.69. The van der Waals surface area contributed by atoms with Crippen molar-refractivity contribution in [3.63, 3.8) is 0 Å². The Labute approximate surface area is 92.6 Å². The normalized spacial score (nSPS) is 17.1. The Morgan fingerprint density at radius 2 is 2.00 bits per heavy atom. The van der Waals surface area contributed by atoms with Gasteiger partial charge in [-0.3, -0.25) is 0 Å². The largest absolute Gasteiger partial charge is 0.586 e. The molecule has 0 aliphatic carbocycles. The molecule has 0 unspecified atom stereocenters. The van der Waals surface area contributed by atoms with Crippen molar-refractivity contribution in [2.75, 3.05) is 0 Å². The number of benzene rings is 1. The molecule has 1 aromatic carbocycles. The van der Waals surface area contributed by atoms with Crippen molar-refractivity contribution in [1.82, 2.24) is 0 Å². The smallest absolute Gasteiger partial charge is 0.395 e. The zero-order chi connectivity index (χ0) is 10.2. The maximum atomic E-state index is 12.6. The number of hydrogen-bond donors (Lipinski definition) is 0. The molecule has 0 N–H and O–H groups in total. The number of halogens is 3. The molecule has 0 saturated heterocycles. The molecule has 2 rings (SSSR count). The summed E-state index contributed by atoms with van der Waals surface area (Å²) in [6, 6.07) is 4.54. The highest BCUT2D eigenvalue weighted by Gasteiger charge is 2.43. The van der Waals surface area contributed by atoms with Crippen LogP contribution in [0.2, 0.25) is 0 Å². The molecule has 1 heterocycles. The Balaban J connectivity index is 2.26. The van der Waals surface area contributed by atoms with Crippen LogP contribution in [-0.2, 0) is 9.67 Å². The lowest BCUT2D eigenvalue weighted by Crippen LogP contribution is -2.25. The van der Waals surface area contributed by atoms with Gasteiger partial charge in [0, 0.05) is 0 Å². The number of fused-ring (bicyclic) bond motifs is 1. The molecule has 0 aromatic heterocycles. The van der Waals surface area contributed by atoms with Gasteiger partial charge in [-0.15, -0.1) is 8.78 Å². The highest BCUT2D eigenvalue weighted by atomic mass is 127. The second kappa shape index (κ2) is 3.50. The van der Waals surface area contributed by atoms with E-state index >= 15 is 0 Å². The van der Waals surface area contributed by atoms with Gasteiger partial charge in [0.05, 0.1) is 6.61 Å². The van der Waals surface area contributed by atoms with E-state index in [1.165, 1.54) is 12.1 Å². The predicted octanol–water partition coefficient (Wildman–Crippen LogP) is 2.87. The number of rotatable bonds is 2. The molecule has 14 heavy (non-hydrogen) atoms. The molecule has 0 atom stereocenters. The minimum Gasteiger partial charge on any atom is -0.395 e. The van der Waals surface area contributed by atoms with Crippen LogP contribution < -0.4 is 9.47 Å². The second-order valence-corrected chi connectivity index (χ2v) is 3.32. The Hall–Kier alpha value is -0.630. The van der Waals surface area contributed by atoms with Gasteiger partial charge in [0.1, 0.15) is 23.0 Å². The van der Waals surface area contributed by atoms with Crippen molar-refractivity contribution in [2.24, 2.45) is 0 Å². The first kappa shape index (κ1) is 9.91. The Bertz CT molecular complexity index is 356. The third kappa shape index (κ3) is 1.90. The van der Waals surface area contributed by atoms with Gasteiger partial charge in [-0.25, -0.2) is 0 Å². The van der Waals surface area contributed by atoms with E-state index in [1.54, 1.807) is 29.1 Å². The molecular weight excluding hydrogens is 309 g/mol. The van der Waals surface area contributed by atoms with Crippen molar-refractivity contribution in [1.29, 1.82) is 0 Å². The minimum atomic E-state index is -3.55. The zero-order valence-electron chi connectivity index (χ0n) is 6.80. The summed E-state index contributed by atoms with van der Waals surface area (Å²) in [5.74, 6) is 0.0909. The van der Waals surface area contributed by atoms with Crippen molar-refractivity contribution < 1.29 is 21.3 Å². The zero-order valence-corrected chi connectivity index (χ0v) is 8.96.